The third-order valence-electron chi connectivity index (χ3n) is 9.14. The Morgan fingerprint density at radius 3 is 2.65 bits per heavy atom. The van der Waals surface area contributed by atoms with Crippen LogP contribution in [0.4, 0.5) is 5.00 Å². The maximum atomic E-state index is 13.6. The van der Waals surface area contributed by atoms with E-state index in [1.165, 1.54) is 38.5 Å². The van der Waals surface area contributed by atoms with Crippen LogP contribution >= 0.6 is 11.3 Å². The highest BCUT2D eigenvalue weighted by Crippen LogP contribution is 2.65. The molecule has 1 aliphatic heterocycles. The molecule has 168 valence electrons. The molecule has 0 spiro atoms. The van der Waals surface area contributed by atoms with Gasteiger partial charge in [0.2, 0.25) is 5.91 Å². The molecule has 6 heteroatoms. The van der Waals surface area contributed by atoms with Crippen LogP contribution in [0.2, 0.25) is 0 Å². The Morgan fingerprint density at radius 2 is 1.87 bits per heavy atom. The highest BCUT2D eigenvalue weighted by Gasteiger charge is 2.61. The summed E-state index contributed by atoms with van der Waals surface area (Å²) < 4.78 is 5.67. The fourth-order valence-corrected chi connectivity index (χ4v) is 8.90. The molecule has 31 heavy (non-hydrogen) atoms. The van der Waals surface area contributed by atoms with Crippen LogP contribution in [-0.4, -0.2) is 24.5 Å². The minimum atomic E-state index is -0.180. The van der Waals surface area contributed by atoms with Crippen LogP contribution in [0, 0.1) is 29.1 Å². The number of carbonyl (C=O) groups excluding carboxylic acids is 2. The van der Waals surface area contributed by atoms with Crippen LogP contribution in [0.15, 0.2) is 0 Å². The lowest BCUT2D eigenvalue weighted by molar-refractivity contribution is -0.127. The largest absolute Gasteiger partial charge is 0.376 e. The molecule has 7 rings (SSSR count). The van der Waals surface area contributed by atoms with Crippen molar-refractivity contribution in [2.45, 2.75) is 83.8 Å². The van der Waals surface area contributed by atoms with Gasteiger partial charge >= 0.3 is 0 Å². The first-order valence-electron chi connectivity index (χ1n) is 12.4. The molecule has 6 aliphatic rings. The van der Waals surface area contributed by atoms with E-state index in [1.807, 2.05) is 0 Å². The Kier molecular flexibility index (Phi) is 4.95. The third kappa shape index (κ3) is 3.28. The number of hydrogen-bond donors (Lipinski definition) is 2. The molecular formula is C25H34N2O3S. The number of ether oxygens (including phenoxy) is 1. The summed E-state index contributed by atoms with van der Waals surface area (Å²) in [5.41, 5.74) is 1.64. The molecule has 4 atom stereocenters. The van der Waals surface area contributed by atoms with Gasteiger partial charge in [0.1, 0.15) is 5.00 Å². The fraction of sp³-hybridized carbons (Fsp3) is 0.760. The Hall–Kier alpha value is -1.40. The molecule has 5 aliphatic carbocycles. The summed E-state index contributed by atoms with van der Waals surface area (Å²) in [7, 11) is 0. The van der Waals surface area contributed by atoms with Crippen LogP contribution in [0.5, 0.6) is 0 Å². The SMILES string of the molecule is C[C@@H]1CCCC[C@H]1NC(=O)c1c(NC(=O)C23CC4CC(CC2C4)C3)sc2c1CCOC2. The molecule has 2 unspecified atom stereocenters. The molecule has 2 N–H and O–H groups in total. The number of fused-ring (bicyclic) bond motifs is 1. The molecule has 5 nitrogen and oxygen atoms in total. The number of rotatable bonds is 4. The van der Waals surface area contributed by atoms with Crippen molar-refractivity contribution in [1.82, 2.24) is 5.32 Å². The second kappa shape index (κ2) is 7.58. The lowest BCUT2D eigenvalue weighted by Gasteiger charge is -2.31. The van der Waals surface area contributed by atoms with Crippen LogP contribution in [0.3, 0.4) is 0 Å². The van der Waals surface area contributed by atoms with Crippen molar-refractivity contribution in [2.24, 2.45) is 29.1 Å². The average molecular weight is 443 g/mol. The molecule has 0 saturated heterocycles. The molecule has 5 fully saturated rings. The summed E-state index contributed by atoms with van der Waals surface area (Å²) >= 11 is 1.57. The van der Waals surface area contributed by atoms with Crippen molar-refractivity contribution in [2.75, 3.05) is 11.9 Å². The first-order valence-corrected chi connectivity index (χ1v) is 13.2. The summed E-state index contributed by atoms with van der Waals surface area (Å²) in [5.74, 6) is 2.73. The fourth-order valence-electron chi connectivity index (χ4n) is 7.73. The topological polar surface area (TPSA) is 67.4 Å². The summed E-state index contributed by atoms with van der Waals surface area (Å²) in [6.45, 7) is 3.44. The van der Waals surface area contributed by atoms with E-state index in [-0.39, 0.29) is 23.3 Å². The highest BCUT2D eigenvalue weighted by molar-refractivity contribution is 7.17. The van der Waals surface area contributed by atoms with Gasteiger partial charge in [-0.25, -0.2) is 0 Å². The quantitative estimate of drug-likeness (QED) is 0.697. The Balaban J connectivity index is 1.28. The van der Waals surface area contributed by atoms with Gasteiger partial charge in [0.05, 0.1) is 24.2 Å². The van der Waals surface area contributed by atoms with E-state index in [1.54, 1.807) is 11.3 Å². The Bertz CT molecular complexity index is 895. The molecule has 0 aromatic carbocycles. The van der Waals surface area contributed by atoms with Gasteiger partial charge in [-0.05, 0) is 80.6 Å². The summed E-state index contributed by atoms with van der Waals surface area (Å²) in [6, 6.07) is 0.236. The number of hydrogen-bond acceptors (Lipinski definition) is 4. The van der Waals surface area contributed by atoms with E-state index in [9.17, 15) is 9.59 Å². The first kappa shape index (κ1) is 20.2. The van der Waals surface area contributed by atoms with Gasteiger partial charge in [0.15, 0.2) is 0 Å². The van der Waals surface area contributed by atoms with Gasteiger partial charge in [-0.2, -0.15) is 0 Å². The molecule has 2 heterocycles. The lowest BCUT2D eigenvalue weighted by Crippen LogP contribution is -2.42. The Labute approximate surface area is 188 Å². The van der Waals surface area contributed by atoms with Crippen LogP contribution in [0.1, 0.15) is 85.5 Å². The zero-order valence-electron chi connectivity index (χ0n) is 18.5. The molecule has 2 amide bonds. The maximum absolute atomic E-state index is 13.6. The lowest BCUT2D eigenvalue weighted by atomic mass is 9.75. The van der Waals surface area contributed by atoms with Gasteiger partial charge in [-0.15, -0.1) is 11.3 Å². The van der Waals surface area contributed by atoms with Crippen LogP contribution in [-0.2, 0) is 22.6 Å². The second-order valence-electron chi connectivity index (χ2n) is 11.0. The highest BCUT2D eigenvalue weighted by atomic mass is 32.1. The monoisotopic (exact) mass is 442 g/mol. The van der Waals surface area contributed by atoms with Gasteiger partial charge in [0.25, 0.3) is 5.91 Å². The molecule has 5 saturated carbocycles. The zero-order chi connectivity index (χ0) is 21.2. The normalized spacial score (nSPS) is 38.2. The summed E-state index contributed by atoms with van der Waals surface area (Å²) in [4.78, 5) is 28.3. The van der Waals surface area contributed by atoms with Gasteiger partial charge < -0.3 is 15.4 Å². The first-order chi connectivity index (χ1) is 15.0. The number of thiophene rings is 1. The maximum Gasteiger partial charge on any atom is 0.254 e. The van der Waals surface area contributed by atoms with Crippen molar-refractivity contribution >= 4 is 28.2 Å². The molecule has 4 bridgehead atoms. The number of carbonyl (C=O) groups is 2. The smallest absolute Gasteiger partial charge is 0.254 e. The van der Waals surface area contributed by atoms with E-state index in [4.69, 9.17) is 4.74 Å². The van der Waals surface area contributed by atoms with Crippen molar-refractivity contribution in [1.29, 1.82) is 0 Å². The average Bonchev–Trinajstić information content (AvgIpc) is 3.33. The van der Waals surface area contributed by atoms with Crippen molar-refractivity contribution in [3.05, 3.63) is 16.0 Å². The third-order valence-corrected chi connectivity index (χ3v) is 10.3. The zero-order valence-corrected chi connectivity index (χ0v) is 19.3. The number of anilines is 1. The van der Waals surface area contributed by atoms with Crippen molar-refractivity contribution < 1.29 is 14.3 Å². The minimum Gasteiger partial charge on any atom is -0.376 e. The molecule has 1 aromatic rings. The number of amides is 2. The minimum absolute atomic E-state index is 0.00295. The molecule has 0 radical (unpaired) electrons. The predicted octanol–water partition coefficient (Wildman–Crippen LogP) is 4.89. The molecule has 1 aromatic heterocycles. The van der Waals surface area contributed by atoms with Crippen molar-refractivity contribution in [3.8, 4) is 0 Å². The van der Waals surface area contributed by atoms with Crippen molar-refractivity contribution in [3.63, 3.8) is 0 Å². The van der Waals surface area contributed by atoms with Crippen LogP contribution < -0.4 is 10.6 Å². The van der Waals surface area contributed by atoms with Gasteiger partial charge in [-0.3, -0.25) is 9.59 Å². The van der Waals surface area contributed by atoms with E-state index in [2.05, 4.69) is 17.6 Å². The van der Waals surface area contributed by atoms with E-state index >= 15 is 0 Å². The van der Waals surface area contributed by atoms with Crippen LogP contribution in [0.25, 0.3) is 0 Å². The van der Waals surface area contributed by atoms with Gasteiger partial charge in [-0.1, -0.05) is 19.8 Å². The summed E-state index contributed by atoms with van der Waals surface area (Å²) in [5, 5.41) is 7.41. The van der Waals surface area contributed by atoms with E-state index in [0.717, 1.165) is 58.5 Å². The predicted molar refractivity (Wildman–Crippen MR) is 121 cm³/mol. The van der Waals surface area contributed by atoms with Gasteiger partial charge in [0, 0.05) is 10.9 Å². The number of nitrogens with one attached hydrogen (secondary N) is 2. The summed E-state index contributed by atoms with van der Waals surface area (Å²) in [6.07, 6.45) is 11.3. The molecular weight excluding hydrogens is 408 g/mol. The standard InChI is InChI=1S/C25H34N2O3S/c1-14-4-2-3-5-19(14)26-22(28)21-18-6-7-30-13-20(18)31-23(21)27-24(29)25-11-15-8-16(12-25)10-17(25)9-15/h14-17,19H,2-13H2,1H3,(H,26,28)(H,27,29)/t14-,15?,16?,17?,19-,25?/m1/s1. The second-order valence-corrected chi connectivity index (χ2v) is 12.1. The Morgan fingerprint density at radius 1 is 1.10 bits per heavy atom. The van der Waals surface area contributed by atoms with E-state index in [0.29, 0.717) is 25.0 Å². The van der Waals surface area contributed by atoms with E-state index < -0.39 is 0 Å².